The maximum Gasteiger partial charge on any atom is 0.239 e. The maximum absolute atomic E-state index is 12.2. The predicted octanol–water partition coefficient (Wildman–Crippen LogP) is 0.342. The monoisotopic (exact) mass is 269 g/mol. The summed E-state index contributed by atoms with van der Waals surface area (Å²) in [5.41, 5.74) is 6.08. The van der Waals surface area contributed by atoms with Crippen LogP contribution in [0.5, 0.6) is 0 Å². The number of carbonyl (C=O) groups excluding carboxylic acids is 1. The van der Waals surface area contributed by atoms with Crippen LogP contribution in [0.1, 0.15) is 32.6 Å². The van der Waals surface area contributed by atoms with Crippen LogP contribution in [-0.4, -0.2) is 56.2 Å². The zero-order valence-corrected chi connectivity index (χ0v) is 12.0. The normalized spacial score (nSPS) is 26.1. The van der Waals surface area contributed by atoms with Gasteiger partial charge in [0, 0.05) is 19.6 Å². The first-order valence-corrected chi connectivity index (χ1v) is 7.50. The van der Waals surface area contributed by atoms with Crippen LogP contribution in [0.4, 0.5) is 0 Å². The van der Waals surface area contributed by atoms with E-state index in [1.165, 1.54) is 12.8 Å². The van der Waals surface area contributed by atoms with E-state index in [1.54, 1.807) is 0 Å². The molecule has 1 amide bonds. The number of nitrogens with two attached hydrogens (primary N) is 1. The Kier molecular flexibility index (Phi) is 5.19. The van der Waals surface area contributed by atoms with Gasteiger partial charge in [0.2, 0.25) is 5.91 Å². The molecule has 2 rings (SSSR count). The minimum Gasteiger partial charge on any atom is -0.378 e. The molecule has 0 spiro atoms. The molecule has 0 bridgehead atoms. The van der Waals surface area contributed by atoms with Gasteiger partial charge in [-0.05, 0) is 37.6 Å². The van der Waals surface area contributed by atoms with Crippen LogP contribution in [0, 0.1) is 5.41 Å². The van der Waals surface area contributed by atoms with Gasteiger partial charge < -0.3 is 15.8 Å². The van der Waals surface area contributed by atoms with Gasteiger partial charge in [0.25, 0.3) is 0 Å². The van der Waals surface area contributed by atoms with Crippen molar-refractivity contribution >= 4 is 5.91 Å². The number of rotatable bonds is 7. The summed E-state index contributed by atoms with van der Waals surface area (Å²) in [6.07, 6.45) is 4.56. The molecule has 2 aliphatic rings. The van der Waals surface area contributed by atoms with Crippen molar-refractivity contribution in [3.8, 4) is 0 Å². The van der Waals surface area contributed by atoms with Gasteiger partial charge in [-0.2, -0.15) is 0 Å². The van der Waals surface area contributed by atoms with Gasteiger partial charge in [-0.15, -0.1) is 0 Å². The molecule has 5 nitrogen and oxygen atoms in total. The second kappa shape index (κ2) is 6.68. The first-order chi connectivity index (χ1) is 9.21. The Labute approximate surface area is 115 Å². The Morgan fingerprint density at radius 2 is 2.32 bits per heavy atom. The van der Waals surface area contributed by atoms with Crippen molar-refractivity contribution in [2.75, 3.05) is 39.4 Å². The maximum atomic E-state index is 12.2. The second-order valence-corrected chi connectivity index (χ2v) is 5.89. The Balaban J connectivity index is 1.90. The lowest BCUT2D eigenvalue weighted by Crippen LogP contribution is -2.55. The highest BCUT2D eigenvalue weighted by molar-refractivity contribution is 5.82. The van der Waals surface area contributed by atoms with Crippen molar-refractivity contribution in [1.82, 2.24) is 10.2 Å². The van der Waals surface area contributed by atoms with Crippen LogP contribution in [0.15, 0.2) is 0 Å². The lowest BCUT2D eigenvalue weighted by Gasteiger charge is -2.37. The van der Waals surface area contributed by atoms with E-state index in [0.717, 1.165) is 45.6 Å². The molecular weight excluding hydrogens is 242 g/mol. The third kappa shape index (κ3) is 3.91. The molecular formula is C14H27N3O2. The van der Waals surface area contributed by atoms with Gasteiger partial charge in [-0.25, -0.2) is 0 Å². The molecule has 1 unspecified atom stereocenters. The fourth-order valence-electron chi connectivity index (χ4n) is 2.84. The van der Waals surface area contributed by atoms with E-state index < -0.39 is 0 Å². The summed E-state index contributed by atoms with van der Waals surface area (Å²) in [4.78, 5) is 14.5. The Hall–Kier alpha value is -0.650. The number of ether oxygens (including phenoxy) is 1. The fourth-order valence-corrected chi connectivity index (χ4v) is 2.84. The highest BCUT2D eigenvalue weighted by Crippen LogP contribution is 2.49. The standard InChI is InChI=1S/C14H27N3O2/c1-2-7-16-13(18)12-10-19-9-8-17(12)11-14(3-4-14)5-6-15/h12H,2-11,15H2,1H3,(H,16,18). The fraction of sp³-hybridized carbons (Fsp3) is 0.929. The van der Waals surface area contributed by atoms with Crippen LogP contribution in [0.2, 0.25) is 0 Å². The third-order valence-corrected chi connectivity index (χ3v) is 4.26. The van der Waals surface area contributed by atoms with Crippen molar-refractivity contribution in [2.45, 2.75) is 38.6 Å². The molecule has 0 radical (unpaired) electrons. The van der Waals surface area contributed by atoms with E-state index in [4.69, 9.17) is 10.5 Å². The third-order valence-electron chi connectivity index (χ3n) is 4.26. The van der Waals surface area contributed by atoms with Crippen molar-refractivity contribution < 1.29 is 9.53 Å². The van der Waals surface area contributed by atoms with E-state index in [-0.39, 0.29) is 11.9 Å². The summed E-state index contributed by atoms with van der Waals surface area (Å²) in [5.74, 6) is 0.116. The molecule has 5 heteroatoms. The van der Waals surface area contributed by atoms with Gasteiger partial charge in [0.15, 0.2) is 0 Å². The van der Waals surface area contributed by atoms with Crippen molar-refractivity contribution in [1.29, 1.82) is 0 Å². The minimum atomic E-state index is -0.115. The van der Waals surface area contributed by atoms with E-state index in [2.05, 4.69) is 17.1 Å². The van der Waals surface area contributed by atoms with E-state index in [0.29, 0.717) is 12.0 Å². The number of hydrogen-bond acceptors (Lipinski definition) is 4. The summed E-state index contributed by atoms with van der Waals surface area (Å²) in [7, 11) is 0. The molecule has 2 fully saturated rings. The topological polar surface area (TPSA) is 67.6 Å². The van der Waals surface area contributed by atoms with E-state index in [1.807, 2.05) is 0 Å². The molecule has 1 aliphatic carbocycles. The van der Waals surface area contributed by atoms with Crippen molar-refractivity contribution in [2.24, 2.45) is 11.1 Å². The minimum absolute atomic E-state index is 0.115. The lowest BCUT2D eigenvalue weighted by atomic mass is 10.0. The summed E-state index contributed by atoms with van der Waals surface area (Å²) < 4.78 is 5.48. The Bertz CT molecular complexity index is 305. The van der Waals surface area contributed by atoms with Crippen molar-refractivity contribution in [3.05, 3.63) is 0 Å². The molecule has 0 aromatic heterocycles. The number of hydrogen-bond donors (Lipinski definition) is 2. The van der Waals surface area contributed by atoms with Crippen LogP contribution >= 0.6 is 0 Å². The number of carbonyl (C=O) groups is 1. The van der Waals surface area contributed by atoms with Crippen LogP contribution in [0.25, 0.3) is 0 Å². The quantitative estimate of drug-likeness (QED) is 0.699. The molecule has 19 heavy (non-hydrogen) atoms. The molecule has 1 saturated carbocycles. The highest BCUT2D eigenvalue weighted by Gasteiger charge is 2.45. The summed E-state index contributed by atoms with van der Waals surface area (Å²) >= 11 is 0. The van der Waals surface area contributed by atoms with Gasteiger partial charge in [-0.1, -0.05) is 6.92 Å². The van der Waals surface area contributed by atoms with Crippen LogP contribution < -0.4 is 11.1 Å². The smallest absolute Gasteiger partial charge is 0.239 e. The van der Waals surface area contributed by atoms with Gasteiger partial charge >= 0.3 is 0 Å². The molecule has 110 valence electrons. The summed E-state index contributed by atoms with van der Waals surface area (Å²) in [5, 5.41) is 2.98. The Morgan fingerprint density at radius 1 is 1.53 bits per heavy atom. The summed E-state index contributed by atoms with van der Waals surface area (Å²) in [6, 6.07) is -0.115. The molecule has 0 aromatic rings. The molecule has 1 saturated heterocycles. The van der Waals surface area contributed by atoms with Gasteiger partial charge in [0.1, 0.15) is 6.04 Å². The highest BCUT2D eigenvalue weighted by atomic mass is 16.5. The number of morpholine rings is 1. The average Bonchev–Trinajstić information content (AvgIpc) is 3.16. The molecule has 1 heterocycles. The Morgan fingerprint density at radius 3 is 2.95 bits per heavy atom. The number of amides is 1. The average molecular weight is 269 g/mol. The molecule has 1 atom stereocenters. The first-order valence-electron chi connectivity index (χ1n) is 7.50. The first kappa shape index (κ1) is 14.8. The molecule has 1 aliphatic heterocycles. The van der Waals surface area contributed by atoms with Gasteiger partial charge in [-0.3, -0.25) is 9.69 Å². The van der Waals surface area contributed by atoms with E-state index >= 15 is 0 Å². The second-order valence-electron chi connectivity index (χ2n) is 5.89. The van der Waals surface area contributed by atoms with Crippen LogP contribution in [0.3, 0.4) is 0 Å². The zero-order chi connectivity index (χ0) is 13.7. The van der Waals surface area contributed by atoms with Crippen LogP contribution in [-0.2, 0) is 9.53 Å². The number of nitrogens with zero attached hydrogens (tertiary/aromatic N) is 1. The van der Waals surface area contributed by atoms with Gasteiger partial charge in [0.05, 0.1) is 13.2 Å². The summed E-state index contributed by atoms with van der Waals surface area (Å²) in [6.45, 7) is 6.67. The largest absolute Gasteiger partial charge is 0.378 e. The van der Waals surface area contributed by atoms with E-state index in [9.17, 15) is 4.79 Å². The molecule has 0 aromatic carbocycles. The molecule has 3 N–H and O–H groups in total. The number of nitrogens with one attached hydrogen (secondary N) is 1. The van der Waals surface area contributed by atoms with Crippen molar-refractivity contribution in [3.63, 3.8) is 0 Å². The SMILES string of the molecule is CCCNC(=O)C1COCCN1CC1(CCN)CC1. The lowest BCUT2D eigenvalue weighted by molar-refractivity contribution is -0.133. The zero-order valence-electron chi connectivity index (χ0n) is 12.0. The predicted molar refractivity (Wildman–Crippen MR) is 74.8 cm³/mol.